The lowest BCUT2D eigenvalue weighted by Crippen LogP contribution is -2.47. The van der Waals surface area contributed by atoms with Gasteiger partial charge in [0, 0.05) is 18.1 Å². The number of aromatic nitrogens is 1. The van der Waals surface area contributed by atoms with Gasteiger partial charge >= 0.3 is 12.1 Å². The predicted octanol–water partition coefficient (Wildman–Crippen LogP) is 1.13. The number of nitrogens with zero attached hydrogens (tertiary/aromatic N) is 2. The van der Waals surface area contributed by atoms with Crippen molar-refractivity contribution in [3.63, 3.8) is 0 Å². The summed E-state index contributed by atoms with van der Waals surface area (Å²) >= 11 is 0.583. The number of likely N-dealkylation sites (N-methyl/N-ethyl adjacent to an activating group) is 1. The maximum Gasteiger partial charge on any atom is 0.424 e. The molecular formula is C11H13F3N2O4S. The third-order valence-electron chi connectivity index (χ3n) is 2.65. The molecule has 1 aromatic heterocycles. The van der Waals surface area contributed by atoms with E-state index in [9.17, 15) is 27.9 Å². The van der Waals surface area contributed by atoms with E-state index in [1.54, 1.807) is 0 Å². The number of carboxylic acids is 1. The van der Waals surface area contributed by atoms with Crippen LogP contribution < -0.4 is 0 Å². The average molecular weight is 326 g/mol. The summed E-state index contributed by atoms with van der Waals surface area (Å²) in [6.45, 7) is 0.693. The highest BCUT2D eigenvalue weighted by atomic mass is 32.1. The molecule has 21 heavy (non-hydrogen) atoms. The van der Waals surface area contributed by atoms with Crippen LogP contribution in [0.15, 0.2) is 5.38 Å². The molecule has 1 rings (SSSR count). The van der Waals surface area contributed by atoms with Crippen LogP contribution in [0.2, 0.25) is 0 Å². The van der Waals surface area contributed by atoms with Gasteiger partial charge in [0.2, 0.25) is 11.5 Å². The van der Waals surface area contributed by atoms with Gasteiger partial charge in [0.15, 0.2) is 0 Å². The van der Waals surface area contributed by atoms with Gasteiger partial charge in [-0.05, 0) is 6.92 Å². The zero-order valence-electron chi connectivity index (χ0n) is 11.1. The number of hydrogen-bond acceptors (Lipinski definition) is 5. The van der Waals surface area contributed by atoms with Crippen molar-refractivity contribution >= 4 is 23.2 Å². The summed E-state index contributed by atoms with van der Waals surface area (Å²) < 4.78 is 39.3. The van der Waals surface area contributed by atoms with E-state index in [1.807, 2.05) is 0 Å². The van der Waals surface area contributed by atoms with Crippen molar-refractivity contribution in [2.45, 2.75) is 25.1 Å². The van der Waals surface area contributed by atoms with Crippen molar-refractivity contribution in [2.24, 2.45) is 0 Å². The Hall–Kier alpha value is -1.68. The van der Waals surface area contributed by atoms with Gasteiger partial charge in [0.25, 0.3) is 0 Å². The van der Waals surface area contributed by atoms with Crippen LogP contribution >= 0.6 is 11.3 Å². The van der Waals surface area contributed by atoms with E-state index in [0.29, 0.717) is 16.2 Å². The number of aliphatic hydroxyl groups is 1. The summed E-state index contributed by atoms with van der Waals surface area (Å²) in [4.78, 5) is 26.3. The number of carboxylic acid groups (broad SMARTS) is 1. The Balaban J connectivity index is 3.05. The van der Waals surface area contributed by atoms with Gasteiger partial charge < -0.3 is 15.1 Å². The number of halogens is 3. The number of aryl methyl sites for hydroxylation is 1. The van der Waals surface area contributed by atoms with E-state index >= 15 is 0 Å². The first-order valence-corrected chi connectivity index (χ1v) is 6.53. The lowest BCUT2D eigenvalue weighted by atomic mass is 9.99. The van der Waals surface area contributed by atoms with Crippen molar-refractivity contribution in [3.8, 4) is 0 Å². The number of carbonyl (C=O) groups excluding carboxylic acids is 1. The molecule has 10 heteroatoms. The minimum Gasteiger partial charge on any atom is -0.480 e. The predicted molar refractivity (Wildman–Crippen MR) is 66.7 cm³/mol. The summed E-state index contributed by atoms with van der Waals surface area (Å²) in [6, 6.07) is 0. The molecule has 0 radical (unpaired) electrons. The molecule has 1 atom stereocenters. The number of carbonyl (C=O) groups is 2. The van der Waals surface area contributed by atoms with Gasteiger partial charge in [-0.25, -0.2) is 4.98 Å². The summed E-state index contributed by atoms with van der Waals surface area (Å²) in [5.41, 5.74) is -3.15. The van der Waals surface area contributed by atoms with E-state index in [4.69, 9.17) is 5.11 Å². The van der Waals surface area contributed by atoms with Gasteiger partial charge in [-0.1, -0.05) is 0 Å². The highest BCUT2D eigenvalue weighted by molar-refractivity contribution is 7.09. The number of thiazole rings is 1. The molecule has 1 amide bonds. The summed E-state index contributed by atoms with van der Waals surface area (Å²) in [5.74, 6) is -2.52. The second-order valence-electron chi connectivity index (χ2n) is 4.47. The van der Waals surface area contributed by atoms with E-state index < -0.39 is 41.6 Å². The van der Waals surface area contributed by atoms with Crippen LogP contribution in [0.5, 0.6) is 0 Å². The molecule has 0 spiro atoms. The highest BCUT2D eigenvalue weighted by Crippen LogP contribution is 2.43. The van der Waals surface area contributed by atoms with Gasteiger partial charge in [0.05, 0.1) is 6.42 Å². The molecule has 0 aliphatic rings. The fourth-order valence-corrected chi connectivity index (χ4v) is 2.40. The first kappa shape index (κ1) is 17.4. The first-order chi connectivity index (χ1) is 9.47. The fourth-order valence-electron chi connectivity index (χ4n) is 1.49. The fraction of sp³-hybridized carbons (Fsp3) is 0.545. The van der Waals surface area contributed by atoms with E-state index in [2.05, 4.69) is 4.98 Å². The maximum atomic E-state index is 13.1. The Kier molecular flexibility index (Phi) is 4.95. The minimum absolute atomic E-state index is 0.281. The maximum absolute atomic E-state index is 13.1. The van der Waals surface area contributed by atoms with E-state index in [0.717, 1.165) is 7.05 Å². The molecular weight excluding hydrogens is 313 g/mol. The largest absolute Gasteiger partial charge is 0.480 e. The standard InChI is InChI=1S/C11H13F3N2O4S/c1-6-5-21-9(15-6)10(20,11(12,13)14)3-7(17)16(2)4-8(18)19/h5,20H,3-4H2,1-2H3,(H,18,19). The van der Waals surface area contributed by atoms with Gasteiger partial charge in [-0.3, -0.25) is 9.59 Å². The average Bonchev–Trinajstić information content (AvgIpc) is 2.73. The molecule has 0 aliphatic carbocycles. The van der Waals surface area contributed by atoms with Crippen LogP contribution in [0.1, 0.15) is 17.1 Å². The topological polar surface area (TPSA) is 90.7 Å². The van der Waals surface area contributed by atoms with Crippen molar-refractivity contribution < 1.29 is 33.0 Å². The summed E-state index contributed by atoms with van der Waals surface area (Å²) in [7, 11) is 1.04. The van der Waals surface area contributed by atoms with Gasteiger partial charge in [-0.2, -0.15) is 13.2 Å². The SMILES string of the molecule is Cc1csc(C(O)(CC(=O)N(C)CC(=O)O)C(F)(F)F)n1. The molecule has 1 unspecified atom stereocenters. The summed E-state index contributed by atoms with van der Waals surface area (Å²) in [5, 5.41) is 19.1. The van der Waals surface area contributed by atoms with Crippen LogP contribution in [0, 0.1) is 6.92 Å². The van der Waals surface area contributed by atoms with E-state index in [-0.39, 0.29) is 5.69 Å². The number of rotatable bonds is 5. The lowest BCUT2D eigenvalue weighted by molar-refractivity contribution is -0.268. The summed E-state index contributed by atoms with van der Waals surface area (Å²) in [6.07, 6.45) is -6.44. The van der Waals surface area contributed by atoms with Crippen molar-refractivity contribution in [1.29, 1.82) is 0 Å². The number of alkyl halides is 3. The molecule has 0 fully saturated rings. The third kappa shape index (κ3) is 3.91. The quantitative estimate of drug-likeness (QED) is 0.846. The first-order valence-electron chi connectivity index (χ1n) is 5.65. The molecule has 0 saturated heterocycles. The number of aliphatic carboxylic acids is 1. The molecule has 118 valence electrons. The minimum atomic E-state index is -5.11. The van der Waals surface area contributed by atoms with Crippen LogP contribution in [-0.4, -0.2) is 51.7 Å². The number of amides is 1. The highest BCUT2D eigenvalue weighted by Gasteiger charge is 2.58. The van der Waals surface area contributed by atoms with Crippen LogP contribution in [0.25, 0.3) is 0 Å². The Morgan fingerprint density at radius 3 is 2.38 bits per heavy atom. The van der Waals surface area contributed by atoms with Crippen LogP contribution in [0.4, 0.5) is 13.2 Å². The molecule has 0 aliphatic heterocycles. The third-order valence-corrected chi connectivity index (χ3v) is 3.76. The number of hydrogen-bond donors (Lipinski definition) is 2. The monoisotopic (exact) mass is 326 g/mol. The Morgan fingerprint density at radius 1 is 1.43 bits per heavy atom. The van der Waals surface area contributed by atoms with Gasteiger partial charge in [0.1, 0.15) is 11.6 Å². The molecule has 6 nitrogen and oxygen atoms in total. The van der Waals surface area contributed by atoms with Crippen molar-refractivity contribution in [3.05, 3.63) is 16.1 Å². The molecule has 0 bridgehead atoms. The second-order valence-corrected chi connectivity index (χ2v) is 5.33. The Bertz CT molecular complexity index is 546. The van der Waals surface area contributed by atoms with Crippen molar-refractivity contribution in [2.75, 3.05) is 13.6 Å². The van der Waals surface area contributed by atoms with Crippen LogP contribution in [0.3, 0.4) is 0 Å². The smallest absolute Gasteiger partial charge is 0.424 e. The molecule has 1 heterocycles. The molecule has 0 aromatic carbocycles. The normalized spacial score (nSPS) is 14.6. The van der Waals surface area contributed by atoms with Crippen molar-refractivity contribution in [1.82, 2.24) is 9.88 Å². The molecule has 0 saturated carbocycles. The lowest BCUT2D eigenvalue weighted by Gasteiger charge is -2.29. The molecule has 1 aromatic rings. The molecule has 2 N–H and O–H groups in total. The zero-order chi connectivity index (χ0) is 16.4. The van der Waals surface area contributed by atoms with E-state index in [1.165, 1.54) is 12.3 Å². The van der Waals surface area contributed by atoms with Gasteiger partial charge in [-0.15, -0.1) is 11.3 Å². The second kappa shape index (κ2) is 5.98. The zero-order valence-corrected chi connectivity index (χ0v) is 12.0. The Morgan fingerprint density at radius 2 is 2.00 bits per heavy atom. The van der Waals surface area contributed by atoms with Crippen LogP contribution in [-0.2, 0) is 15.2 Å². The Labute approximate surface area is 121 Å².